The van der Waals surface area contributed by atoms with Crippen LogP contribution < -0.4 is 9.80 Å². The Morgan fingerprint density at radius 2 is 0.879 bits per heavy atom. The molecule has 0 saturated heterocycles. The first-order valence-electron chi connectivity index (χ1n) is 20.8. The van der Waals surface area contributed by atoms with Crippen molar-refractivity contribution in [2.75, 3.05) is 9.80 Å². The van der Waals surface area contributed by atoms with Crippen molar-refractivity contribution in [3.63, 3.8) is 0 Å². The molecule has 1 saturated carbocycles. The van der Waals surface area contributed by atoms with E-state index in [1.807, 2.05) is 0 Å². The molecule has 0 N–H and O–H groups in total. The molecule has 0 radical (unpaired) electrons. The number of hydrogen-bond acceptors (Lipinski definition) is 2. The number of anilines is 6. The zero-order valence-corrected chi connectivity index (χ0v) is 32.8. The molecule has 0 bridgehead atoms. The summed E-state index contributed by atoms with van der Waals surface area (Å²) in [5, 5.41) is 2.50. The minimum absolute atomic E-state index is 0.664. The van der Waals surface area contributed by atoms with Crippen molar-refractivity contribution in [3.8, 4) is 5.69 Å². The van der Waals surface area contributed by atoms with Gasteiger partial charge < -0.3 is 14.4 Å². The van der Waals surface area contributed by atoms with E-state index in [4.69, 9.17) is 0 Å². The van der Waals surface area contributed by atoms with Crippen LogP contribution in [0.2, 0.25) is 0 Å². The molecule has 0 amide bonds. The van der Waals surface area contributed by atoms with Crippen molar-refractivity contribution in [3.05, 3.63) is 223 Å². The second kappa shape index (κ2) is 16.0. The summed E-state index contributed by atoms with van der Waals surface area (Å²) in [5.74, 6) is 0.664. The molecule has 0 unspecified atom stereocenters. The van der Waals surface area contributed by atoms with Crippen molar-refractivity contribution in [2.24, 2.45) is 0 Å². The zero-order valence-electron chi connectivity index (χ0n) is 32.8. The van der Waals surface area contributed by atoms with Crippen LogP contribution in [0.4, 0.5) is 34.1 Å². The molecule has 10 rings (SSSR count). The number of benzene rings is 8. The lowest BCUT2D eigenvalue weighted by atomic mass is 9.84. The Balaban J connectivity index is 1.01. The summed E-state index contributed by atoms with van der Waals surface area (Å²) in [4.78, 5) is 4.78. The van der Waals surface area contributed by atoms with Gasteiger partial charge in [-0.15, -0.1) is 0 Å². The Kier molecular flexibility index (Phi) is 9.78. The van der Waals surface area contributed by atoms with Crippen molar-refractivity contribution >= 4 is 55.9 Å². The molecule has 1 aliphatic rings. The van der Waals surface area contributed by atoms with Gasteiger partial charge in [0.2, 0.25) is 0 Å². The van der Waals surface area contributed by atoms with Crippen molar-refractivity contribution in [2.45, 2.75) is 44.4 Å². The Morgan fingerprint density at radius 3 is 1.48 bits per heavy atom. The predicted octanol–water partition coefficient (Wildman–Crippen LogP) is 15.4. The highest BCUT2D eigenvalue weighted by Gasteiger charge is 2.22. The van der Waals surface area contributed by atoms with Gasteiger partial charge in [-0.25, -0.2) is 0 Å². The van der Waals surface area contributed by atoms with Gasteiger partial charge in [0.05, 0.1) is 16.7 Å². The lowest BCUT2D eigenvalue weighted by molar-refractivity contribution is 0.443. The Bertz CT molecular complexity index is 2710. The van der Waals surface area contributed by atoms with Crippen LogP contribution in [0.25, 0.3) is 27.5 Å². The van der Waals surface area contributed by atoms with Crippen LogP contribution >= 0.6 is 0 Å². The van der Waals surface area contributed by atoms with Crippen LogP contribution in [0, 0.1) is 0 Å². The summed E-state index contributed by atoms with van der Waals surface area (Å²) in [6.07, 6.45) is 7.48. The van der Waals surface area contributed by atoms with Gasteiger partial charge >= 0.3 is 0 Å². The third-order valence-electron chi connectivity index (χ3n) is 12.0. The predicted molar refractivity (Wildman–Crippen MR) is 245 cm³/mol. The van der Waals surface area contributed by atoms with Crippen LogP contribution in [-0.2, 0) is 6.42 Å². The molecule has 1 heterocycles. The fourth-order valence-electron chi connectivity index (χ4n) is 9.16. The standard InChI is InChI=1S/C55H47N3/c1-5-16-43(17-6-1)44-32-38-50(39-33-44)57(53-26-15-27-54-55(53)51-24-13-14-25-52(51)58(54)47-22-11-4-12-23-47)49-36-30-42(31-37-49)40-41-28-34-48(35-29-41)56(45-18-7-2-8-19-45)46-20-9-3-10-21-46/h2-4,7-15,18-39,43H,1,5-6,16-17,40H2. The topological polar surface area (TPSA) is 11.4 Å². The number of aromatic nitrogens is 1. The smallest absolute Gasteiger partial charge is 0.0562 e. The van der Waals surface area contributed by atoms with Gasteiger partial charge in [0.1, 0.15) is 0 Å². The molecule has 1 aliphatic carbocycles. The van der Waals surface area contributed by atoms with Crippen LogP contribution in [0.15, 0.2) is 206 Å². The molecule has 8 aromatic carbocycles. The first-order chi connectivity index (χ1) is 28.8. The monoisotopic (exact) mass is 749 g/mol. The lowest BCUT2D eigenvalue weighted by Gasteiger charge is -2.28. The van der Waals surface area contributed by atoms with Crippen molar-refractivity contribution in [1.29, 1.82) is 0 Å². The maximum atomic E-state index is 2.47. The number of fused-ring (bicyclic) bond motifs is 3. The highest BCUT2D eigenvalue weighted by Crippen LogP contribution is 2.44. The molecule has 1 fully saturated rings. The molecule has 58 heavy (non-hydrogen) atoms. The highest BCUT2D eigenvalue weighted by molar-refractivity contribution is 6.16. The van der Waals surface area contributed by atoms with E-state index in [1.165, 1.54) is 87.7 Å². The molecule has 1 aromatic heterocycles. The van der Waals surface area contributed by atoms with Crippen LogP contribution in [0.3, 0.4) is 0 Å². The first-order valence-corrected chi connectivity index (χ1v) is 20.8. The molecule has 9 aromatic rings. The third kappa shape index (κ3) is 6.94. The number of para-hydroxylation sites is 4. The fraction of sp³-hybridized carbons (Fsp3) is 0.127. The minimum atomic E-state index is 0.664. The molecular weight excluding hydrogens is 703 g/mol. The van der Waals surface area contributed by atoms with Crippen LogP contribution in [-0.4, -0.2) is 4.57 Å². The summed E-state index contributed by atoms with van der Waals surface area (Å²) >= 11 is 0. The summed E-state index contributed by atoms with van der Waals surface area (Å²) in [7, 11) is 0. The van der Waals surface area contributed by atoms with Gasteiger partial charge in [-0.2, -0.15) is 0 Å². The molecule has 3 nitrogen and oxygen atoms in total. The number of hydrogen-bond donors (Lipinski definition) is 0. The SMILES string of the molecule is c1ccc(N(c2ccccc2)c2ccc(Cc3ccc(N(c4ccc(C5CCCCC5)cc4)c4cccc5c4c4ccccc4n5-c4ccccc4)cc3)cc2)cc1. The van der Waals surface area contributed by atoms with Gasteiger partial charge in [0, 0.05) is 44.9 Å². The molecule has 0 aliphatic heterocycles. The summed E-state index contributed by atoms with van der Waals surface area (Å²) < 4.78 is 2.41. The van der Waals surface area contributed by atoms with E-state index in [0.717, 1.165) is 29.2 Å². The first kappa shape index (κ1) is 35.6. The second-order valence-corrected chi connectivity index (χ2v) is 15.6. The highest BCUT2D eigenvalue weighted by atomic mass is 15.2. The van der Waals surface area contributed by atoms with E-state index < -0.39 is 0 Å². The quantitative estimate of drug-likeness (QED) is 0.138. The minimum Gasteiger partial charge on any atom is -0.311 e. The average Bonchev–Trinajstić information content (AvgIpc) is 3.64. The normalized spacial score (nSPS) is 13.2. The van der Waals surface area contributed by atoms with Gasteiger partial charge in [-0.3, -0.25) is 0 Å². The van der Waals surface area contributed by atoms with Gasteiger partial charge in [-0.1, -0.05) is 135 Å². The molecular formula is C55H47N3. The Morgan fingerprint density at radius 1 is 0.397 bits per heavy atom. The van der Waals surface area contributed by atoms with Gasteiger partial charge in [0.25, 0.3) is 0 Å². The second-order valence-electron chi connectivity index (χ2n) is 15.6. The number of rotatable bonds is 10. The van der Waals surface area contributed by atoms with E-state index in [1.54, 1.807) is 0 Å². The van der Waals surface area contributed by atoms with E-state index >= 15 is 0 Å². The van der Waals surface area contributed by atoms with E-state index in [0.29, 0.717) is 5.92 Å². The summed E-state index contributed by atoms with van der Waals surface area (Å²) in [6, 6.07) is 75.3. The maximum absolute atomic E-state index is 2.47. The maximum Gasteiger partial charge on any atom is 0.0562 e. The molecule has 0 atom stereocenters. The summed E-state index contributed by atoms with van der Waals surface area (Å²) in [6.45, 7) is 0. The molecule has 0 spiro atoms. The van der Waals surface area contributed by atoms with E-state index in [2.05, 4.69) is 221 Å². The van der Waals surface area contributed by atoms with Crippen molar-refractivity contribution < 1.29 is 0 Å². The van der Waals surface area contributed by atoms with Gasteiger partial charge in [0.15, 0.2) is 0 Å². The van der Waals surface area contributed by atoms with Crippen LogP contribution in [0.1, 0.15) is 54.7 Å². The van der Waals surface area contributed by atoms with E-state index in [9.17, 15) is 0 Å². The largest absolute Gasteiger partial charge is 0.311 e. The van der Waals surface area contributed by atoms with Crippen LogP contribution in [0.5, 0.6) is 0 Å². The Hall–Kier alpha value is -6.84. The third-order valence-corrected chi connectivity index (χ3v) is 12.0. The van der Waals surface area contributed by atoms with Gasteiger partial charge in [-0.05, 0) is 133 Å². The fourth-order valence-corrected chi connectivity index (χ4v) is 9.16. The lowest BCUT2D eigenvalue weighted by Crippen LogP contribution is -2.11. The molecule has 3 heteroatoms. The average molecular weight is 750 g/mol. The molecule has 282 valence electrons. The van der Waals surface area contributed by atoms with Crippen molar-refractivity contribution in [1.82, 2.24) is 4.57 Å². The number of nitrogens with zero attached hydrogens (tertiary/aromatic N) is 3. The van der Waals surface area contributed by atoms with E-state index in [-0.39, 0.29) is 0 Å². The summed E-state index contributed by atoms with van der Waals surface area (Å²) in [5.41, 5.74) is 14.5. The zero-order chi connectivity index (χ0) is 38.7. The Labute approximate surface area is 342 Å².